The first kappa shape index (κ1) is 12.8. The van der Waals surface area contributed by atoms with Gasteiger partial charge >= 0.3 is 5.69 Å². The van der Waals surface area contributed by atoms with Gasteiger partial charge in [0.2, 0.25) is 0 Å². The third-order valence-electron chi connectivity index (χ3n) is 2.05. The summed E-state index contributed by atoms with van der Waals surface area (Å²) in [5.41, 5.74) is -0.282. The summed E-state index contributed by atoms with van der Waals surface area (Å²) < 4.78 is 18.3. The number of nitro groups is 1. The highest BCUT2D eigenvalue weighted by atomic mass is 19.1. The van der Waals surface area contributed by atoms with E-state index < -0.39 is 16.4 Å². The minimum absolute atomic E-state index is 0.000363. The molecule has 0 radical (unpaired) electrons. The Bertz CT molecular complexity index is 469. The molecule has 0 amide bonds. The zero-order valence-electron chi connectivity index (χ0n) is 9.20. The van der Waals surface area contributed by atoms with Gasteiger partial charge in [0, 0.05) is 19.0 Å². The van der Waals surface area contributed by atoms with Gasteiger partial charge in [0.25, 0.3) is 0 Å². The number of nitrogens with one attached hydrogen (secondary N) is 1. The smallest absolute Gasteiger partial charge is 0.313 e. The van der Waals surface area contributed by atoms with Gasteiger partial charge in [0.05, 0.1) is 23.8 Å². The summed E-state index contributed by atoms with van der Waals surface area (Å²) in [6.45, 7) is 0.383. The molecule has 0 aliphatic heterocycles. The monoisotopic (exact) mass is 238 g/mol. The highest BCUT2D eigenvalue weighted by Crippen LogP contribution is 2.32. The quantitative estimate of drug-likeness (QED) is 0.369. The number of hydrogen-bond acceptors (Lipinski definition) is 4. The van der Waals surface area contributed by atoms with E-state index in [1.165, 1.54) is 13.2 Å². The maximum absolute atomic E-state index is 13.5. The summed E-state index contributed by atoms with van der Waals surface area (Å²) in [5.74, 6) is 1.68. The molecule has 0 unspecified atom stereocenters. The van der Waals surface area contributed by atoms with Crippen LogP contribution in [0.2, 0.25) is 0 Å². The van der Waals surface area contributed by atoms with Crippen molar-refractivity contribution in [3.8, 4) is 18.1 Å². The Balaban J connectivity index is 3.01. The Labute approximate surface area is 97.7 Å². The fourth-order valence-corrected chi connectivity index (χ4v) is 1.25. The number of nitrogens with zero attached hydrogens (tertiary/aromatic N) is 1. The fourth-order valence-electron chi connectivity index (χ4n) is 1.25. The Kier molecular flexibility index (Phi) is 4.29. The third kappa shape index (κ3) is 3.08. The highest BCUT2D eigenvalue weighted by molar-refractivity contribution is 5.59. The van der Waals surface area contributed by atoms with E-state index in [-0.39, 0.29) is 11.4 Å². The second-order valence-corrected chi connectivity index (χ2v) is 3.14. The average Bonchev–Trinajstić information content (AvgIpc) is 2.30. The molecule has 0 saturated carbocycles. The van der Waals surface area contributed by atoms with E-state index in [4.69, 9.17) is 11.2 Å². The van der Waals surface area contributed by atoms with E-state index in [1.54, 1.807) is 0 Å². The summed E-state index contributed by atoms with van der Waals surface area (Å²) in [7, 11) is 1.28. The van der Waals surface area contributed by atoms with Gasteiger partial charge in [-0.3, -0.25) is 10.1 Å². The zero-order chi connectivity index (χ0) is 12.8. The lowest BCUT2D eigenvalue weighted by atomic mass is 10.2. The summed E-state index contributed by atoms with van der Waals surface area (Å²) >= 11 is 0. The molecule has 0 atom stereocenters. The lowest BCUT2D eigenvalue weighted by Crippen LogP contribution is -2.04. The van der Waals surface area contributed by atoms with E-state index in [9.17, 15) is 14.5 Å². The zero-order valence-corrected chi connectivity index (χ0v) is 9.20. The van der Waals surface area contributed by atoms with Crippen LogP contribution in [0.4, 0.5) is 15.8 Å². The largest absolute Gasteiger partial charge is 0.490 e. The van der Waals surface area contributed by atoms with E-state index >= 15 is 0 Å². The molecule has 0 heterocycles. The highest BCUT2D eigenvalue weighted by Gasteiger charge is 2.18. The van der Waals surface area contributed by atoms with Crippen LogP contribution in [0.5, 0.6) is 5.75 Å². The molecule has 1 aromatic carbocycles. The average molecular weight is 238 g/mol. The molecule has 0 aliphatic carbocycles. The van der Waals surface area contributed by atoms with Crippen LogP contribution >= 0.6 is 0 Å². The van der Waals surface area contributed by atoms with Crippen molar-refractivity contribution in [3.05, 3.63) is 28.1 Å². The van der Waals surface area contributed by atoms with E-state index in [2.05, 4.69) is 11.2 Å². The molecule has 0 aliphatic rings. The van der Waals surface area contributed by atoms with Crippen molar-refractivity contribution in [2.45, 2.75) is 6.42 Å². The van der Waals surface area contributed by atoms with Crippen LogP contribution in [0.15, 0.2) is 12.1 Å². The third-order valence-corrected chi connectivity index (χ3v) is 2.05. The number of benzene rings is 1. The van der Waals surface area contributed by atoms with Crippen molar-refractivity contribution in [2.24, 2.45) is 0 Å². The van der Waals surface area contributed by atoms with E-state index in [0.717, 1.165) is 6.07 Å². The Morgan fingerprint density at radius 2 is 2.35 bits per heavy atom. The molecule has 1 rings (SSSR count). The first-order valence-corrected chi connectivity index (χ1v) is 4.79. The summed E-state index contributed by atoms with van der Waals surface area (Å²) in [5, 5.41) is 13.4. The molecule has 1 aromatic rings. The van der Waals surface area contributed by atoms with Crippen LogP contribution in [-0.2, 0) is 0 Å². The summed E-state index contributed by atoms with van der Waals surface area (Å²) in [6.07, 6.45) is 5.48. The SMILES string of the molecule is C#CCCNc1cc(OC)c([N+](=O)[O-])cc1F. The normalized spacial score (nSPS) is 9.47. The maximum atomic E-state index is 13.5. The minimum Gasteiger partial charge on any atom is -0.490 e. The van der Waals surface area contributed by atoms with Crippen LogP contribution in [0, 0.1) is 28.3 Å². The van der Waals surface area contributed by atoms with Gasteiger partial charge in [0.1, 0.15) is 0 Å². The van der Waals surface area contributed by atoms with E-state index in [0.29, 0.717) is 13.0 Å². The molecule has 5 nitrogen and oxygen atoms in total. The van der Waals surface area contributed by atoms with Gasteiger partial charge in [0.15, 0.2) is 11.6 Å². The second kappa shape index (κ2) is 5.70. The van der Waals surface area contributed by atoms with Gasteiger partial charge in [-0.1, -0.05) is 0 Å². The first-order chi connectivity index (χ1) is 8.10. The van der Waals surface area contributed by atoms with Crippen LogP contribution in [0.25, 0.3) is 0 Å². The van der Waals surface area contributed by atoms with Gasteiger partial charge in [-0.25, -0.2) is 4.39 Å². The van der Waals surface area contributed by atoms with Crippen LogP contribution in [-0.4, -0.2) is 18.6 Å². The number of nitro benzene ring substituents is 1. The topological polar surface area (TPSA) is 64.4 Å². The number of ether oxygens (including phenoxy) is 1. The Morgan fingerprint density at radius 3 is 2.88 bits per heavy atom. The number of halogens is 1. The number of rotatable bonds is 5. The van der Waals surface area contributed by atoms with Gasteiger partial charge in [-0.05, 0) is 0 Å². The summed E-state index contributed by atoms with van der Waals surface area (Å²) in [4.78, 5) is 9.92. The van der Waals surface area contributed by atoms with Gasteiger partial charge < -0.3 is 10.1 Å². The molecule has 6 heteroatoms. The molecular weight excluding hydrogens is 227 g/mol. The van der Waals surface area contributed by atoms with Crippen molar-refractivity contribution in [1.29, 1.82) is 0 Å². The van der Waals surface area contributed by atoms with Crippen molar-refractivity contribution in [2.75, 3.05) is 19.0 Å². The molecule has 1 N–H and O–H groups in total. The molecule has 0 fully saturated rings. The molecule has 0 aromatic heterocycles. The predicted octanol–water partition coefficient (Wildman–Crippen LogP) is 2.18. The molecular formula is C11H11FN2O3. The van der Waals surface area contributed by atoms with Gasteiger partial charge in [-0.15, -0.1) is 12.3 Å². The Hall–Kier alpha value is -2.29. The molecule has 0 bridgehead atoms. The molecule has 0 spiro atoms. The van der Waals surface area contributed by atoms with Crippen LogP contribution in [0.1, 0.15) is 6.42 Å². The number of hydrogen-bond donors (Lipinski definition) is 1. The lowest BCUT2D eigenvalue weighted by molar-refractivity contribution is -0.385. The van der Waals surface area contributed by atoms with Crippen molar-refractivity contribution >= 4 is 11.4 Å². The van der Waals surface area contributed by atoms with E-state index in [1.807, 2.05) is 0 Å². The summed E-state index contributed by atoms with van der Waals surface area (Å²) in [6, 6.07) is 2.06. The fraction of sp³-hybridized carbons (Fsp3) is 0.273. The lowest BCUT2D eigenvalue weighted by Gasteiger charge is -2.08. The number of methoxy groups -OCH3 is 1. The van der Waals surface area contributed by atoms with Crippen molar-refractivity contribution < 1.29 is 14.1 Å². The van der Waals surface area contributed by atoms with Crippen molar-refractivity contribution in [1.82, 2.24) is 0 Å². The molecule has 90 valence electrons. The van der Waals surface area contributed by atoms with Crippen LogP contribution in [0.3, 0.4) is 0 Å². The van der Waals surface area contributed by atoms with Crippen LogP contribution < -0.4 is 10.1 Å². The molecule has 17 heavy (non-hydrogen) atoms. The Morgan fingerprint density at radius 1 is 1.65 bits per heavy atom. The first-order valence-electron chi connectivity index (χ1n) is 4.79. The standard InChI is InChI=1S/C11H11FN2O3/c1-3-4-5-13-9-7-11(17-2)10(14(15)16)6-8(9)12/h1,6-7,13H,4-5H2,2H3. The molecule has 0 saturated heterocycles. The van der Waals surface area contributed by atoms with Crippen molar-refractivity contribution in [3.63, 3.8) is 0 Å². The van der Waals surface area contributed by atoms with Gasteiger partial charge in [-0.2, -0.15) is 0 Å². The number of terminal acetylenes is 1. The maximum Gasteiger partial charge on any atom is 0.313 e. The second-order valence-electron chi connectivity index (χ2n) is 3.14. The minimum atomic E-state index is -0.713. The predicted molar refractivity (Wildman–Crippen MR) is 61.5 cm³/mol. The number of anilines is 1.